The van der Waals surface area contributed by atoms with Crippen molar-refractivity contribution in [1.82, 2.24) is 4.90 Å². The largest absolute Gasteiger partial charge is 0.324 e. The number of carbonyl (C=O) groups excluding carboxylic acids is 1. The first-order valence-electron chi connectivity index (χ1n) is 5.87. The van der Waals surface area contributed by atoms with E-state index in [0.717, 1.165) is 0 Å². The van der Waals surface area contributed by atoms with Gasteiger partial charge in [0.2, 0.25) is 0 Å². The van der Waals surface area contributed by atoms with E-state index in [-0.39, 0.29) is 23.4 Å². The summed E-state index contributed by atoms with van der Waals surface area (Å²) >= 11 is 0. The van der Waals surface area contributed by atoms with Gasteiger partial charge in [-0.25, -0.2) is 17.6 Å². The molecule has 2 amide bonds. The molecule has 5 nitrogen and oxygen atoms in total. The maximum atomic E-state index is 12.7. The van der Waals surface area contributed by atoms with E-state index in [1.807, 2.05) is 0 Å². The number of amides is 2. The first-order chi connectivity index (χ1) is 8.87. The predicted octanol–water partition coefficient (Wildman–Crippen LogP) is 1.48. The van der Waals surface area contributed by atoms with E-state index >= 15 is 0 Å². The van der Waals surface area contributed by atoms with Crippen molar-refractivity contribution in [2.45, 2.75) is 12.5 Å². The quantitative estimate of drug-likeness (QED) is 0.895. The van der Waals surface area contributed by atoms with Crippen LogP contribution in [-0.2, 0) is 9.84 Å². The molecule has 1 saturated heterocycles. The molecule has 104 valence electrons. The van der Waals surface area contributed by atoms with Crippen molar-refractivity contribution in [3.63, 3.8) is 0 Å². The van der Waals surface area contributed by atoms with E-state index in [1.54, 1.807) is 7.05 Å². The van der Waals surface area contributed by atoms with Gasteiger partial charge in [0.15, 0.2) is 9.84 Å². The molecule has 1 aliphatic heterocycles. The Morgan fingerprint density at radius 3 is 2.53 bits per heavy atom. The van der Waals surface area contributed by atoms with Crippen LogP contribution in [0.4, 0.5) is 14.9 Å². The molecule has 1 aromatic rings. The molecule has 1 fully saturated rings. The smallest absolute Gasteiger partial charge is 0.321 e. The summed E-state index contributed by atoms with van der Waals surface area (Å²) in [5, 5.41) is 2.60. The normalized spacial score (nSPS) is 21.1. The molecule has 1 atom stereocenters. The molecule has 0 spiro atoms. The molecule has 1 aliphatic rings. The van der Waals surface area contributed by atoms with Gasteiger partial charge in [0.1, 0.15) is 5.82 Å². The van der Waals surface area contributed by atoms with Gasteiger partial charge in [-0.3, -0.25) is 0 Å². The molecule has 7 heteroatoms. The van der Waals surface area contributed by atoms with Gasteiger partial charge in [0.25, 0.3) is 0 Å². The average Bonchev–Trinajstić information content (AvgIpc) is 2.71. The van der Waals surface area contributed by atoms with Crippen LogP contribution in [-0.4, -0.2) is 43.9 Å². The molecular formula is C12H15FN2O3S. The Balaban J connectivity index is 1.98. The number of nitrogens with one attached hydrogen (secondary N) is 1. The fraction of sp³-hybridized carbons (Fsp3) is 0.417. The molecule has 0 bridgehead atoms. The zero-order valence-corrected chi connectivity index (χ0v) is 11.3. The van der Waals surface area contributed by atoms with Crippen molar-refractivity contribution in [2.24, 2.45) is 0 Å². The van der Waals surface area contributed by atoms with Crippen LogP contribution in [0.2, 0.25) is 0 Å². The lowest BCUT2D eigenvalue weighted by Crippen LogP contribution is -2.40. The minimum Gasteiger partial charge on any atom is -0.324 e. The van der Waals surface area contributed by atoms with Crippen molar-refractivity contribution >= 4 is 21.6 Å². The van der Waals surface area contributed by atoms with Crippen LogP contribution in [0.1, 0.15) is 6.42 Å². The third-order valence-electron chi connectivity index (χ3n) is 3.17. The van der Waals surface area contributed by atoms with Crippen molar-refractivity contribution in [2.75, 3.05) is 23.9 Å². The summed E-state index contributed by atoms with van der Waals surface area (Å²) in [5.74, 6) is -0.264. The second-order valence-electron chi connectivity index (χ2n) is 4.60. The third-order valence-corrected chi connectivity index (χ3v) is 4.92. The number of hydrogen-bond donors (Lipinski definition) is 1. The summed E-state index contributed by atoms with van der Waals surface area (Å²) in [6, 6.07) is 4.70. The van der Waals surface area contributed by atoms with E-state index in [9.17, 15) is 17.6 Å². The van der Waals surface area contributed by atoms with Crippen molar-refractivity contribution < 1.29 is 17.6 Å². The Bertz CT molecular complexity index is 571. The highest BCUT2D eigenvalue weighted by Crippen LogP contribution is 2.17. The second-order valence-corrected chi connectivity index (χ2v) is 6.83. The van der Waals surface area contributed by atoms with Crippen LogP contribution < -0.4 is 5.32 Å². The number of benzene rings is 1. The summed E-state index contributed by atoms with van der Waals surface area (Å²) in [5.41, 5.74) is 0.471. The van der Waals surface area contributed by atoms with Crippen molar-refractivity contribution in [1.29, 1.82) is 0 Å². The van der Waals surface area contributed by atoms with E-state index in [4.69, 9.17) is 0 Å². The molecule has 0 saturated carbocycles. The summed E-state index contributed by atoms with van der Waals surface area (Å²) in [6.45, 7) is 0. The maximum Gasteiger partial charge on any atom is 0.321 e. The van der Waals surface area contributed by atoms with Gasteiger partial charge in [0, 0.05) is 18.8 Å². The predicted molar refractivity (Wildman–Crippen MR) is 70.2 cm³/mol. The Hall–Kier alpha value is -1.63. The average molecular weight is 286 g/mol. The number of hydrogen-bond acceptors (Lipinski definition) is 3. The van der Waals surface area contributed by atoms with Crippen LogP contribution in [0.5, 0.6) is 0 Å². The molecule has 0 radical (unpaired) electrons. The Morgan fingerprint density at radius 1 is 1.37 bits per heavy atom. The van der Waals surface area contributed by atoms with E-state index < -0.39 is 15.9 Å². The highest BCUT2D eigenvalue weighted by Gasteiger charge is 2.32. The number of carbonyl (C=O) groups is 1. The summed E-state index contributed by atoms with van der Waals surface area (Å²) in [6.07, 6.45) is 0.454. The monoisotopic (exact) mass is 286 g/mol. The minimum atomic E-state index is -3.02. The number of rotatable bonds is 2. The molecular weight excluding hydrogens is 271 g/mol. The lowest BCUT2D eigenvalue weighted by atomic mass is 10.2. The molecule has 19 heavy (non-hydrogen) atoms. The summed E-state index contributed by atoms with van der Waals surface area (Å²) < 4.78 is 35.5. The molecule has 0 aromatic heterocycles. The van der Waals surface area contributed by atoms with Gasteiger partial charge < -0.3 is 10.2 Å². The Kier molecular flexibility index (Phi) is 3.75. The second kappa shape index (κ2) is 5.16. The van der Waals surface area contributed by atoms with Gasteiger partial charge in [-0.05, 0) is 30.7 Å². The SMILES string of the molecule is CN(C(=O)Nc1ccc(F)cc1)C1CCS(=O)(=O)C1. The minimum absolute atomic E-state index is 0.000335. The van der Waals surface area contributed by atoms with Crippen molar-refractivity contribution in [3.8, 4) is 0 Å². The highest BCUT2D eigenvalue weighted by molar-refractivity contribution is 7.91. The maximum absolute atomic E-state index is 12.7. The standard InChI is InChI=1S/C12H15FN2O3S/c1-15(11-6-7-19(17,18)8-11)12(16)14-10-4-2-9(13)3-5-10/h2-5,11H,6-8H2,1H3,(H,14,16). The Labute approximate surface area is 111 Å². The molecule has 1 unspecified atom stereocenters. The fourth-order valence-electron chi connectivity index (χ4n) is 1.99. The zero-order chi connectivity index (χ0) is 14.0. The topological polar surface area (TPSA) is 66.5 Å². The molecule has 1 aromatic carbocycles. The van der Waals surface area contributed by atoms with Crippen LogP contribution >= 0.6 is 0 Å². The molecule has 0 aliphatic carbocycles. The van der Waals surface area contributed by atoms with Crippen LogP contribution in [0.25, 0.3) is 0 Å². The Morgan fingerprint density at radius 2 is 2.00 bits per heavy atom. The van der Waals surface area contributed by atoms with Crippen LogP contribution in [0.3, 0.4) is 0 Å². The molecule has 1 N–H and O–H groups in total. The lowest BCUT2D eigenvalue weighted by molar-refractivity contribution is 0.209. The summed E-state index contributed by atoms with van der Waals surface area (Å²) in [4.78, 5) is 13.3. The first kappa shape index (κ1) is 13.8. The van der Waals surface area contributed by atoms with Gasteiger partial charge >= 0.3 is 6.03 Å². The number of halogens is 1. The zero-order valence-electron chi connectivity index (χ0n) is 10.5. The number of urea groups is 1. The van der Waals surface area contributed by atoms with Crippen LogP contribution in [0.15, 0.2) is 24.3 Å². The first-order valence-corrected chi connectivity index (χ1v) is 7.69. The van der Waals surface area contributed by atoms with Crippen LogP contribution in [0, 0.1) is 5.82 Å². The van der Waals surface area contributed by atoms with E-state index in [1.165, 1.54) is 29.2 Å². The van der Waals surface area contributed by atoms with Gasteiger partial charge in [0.05, 0.1) is 11.5 Å². The van der Waals surface area contributed by atoms with Gasteiger partial charge in [-0.1, -0.05) is 0 Å². The highest BCUT2D eigenvalue weighted by atomic mass is 32.2. The van der Waals surface area contributed by atoms with Crippen molar-refractivity contribution in [3.05, 3.63) is 30.1 Å². The number of nitrogens with zero attached hydrogens (tertiary/aromatic N) is 1. The number of sulfone groups is 1. The lowest BCUT2D eigenvalue weighted by Gasteiger charge is -2.23. The number of anilines is 1. The fourth-order valence-corrected chi connectivity index (χ4v) is 3.77. The van der Waals surface area contributed by atoms with Gasteiger partial charge in [-0.2, -0.15) is 0 Å². The van der Waals surface area contributed by atoms with Gasteiger partial charge in [-0.15, -0.1) is 0 Å². The van der Waals surface area contributed by atoms with E-state index in [2.05, 4.69) is 5.32 Å². The third kappa shape index (κ3) is 3.44. The summed E-state index contributed by atoms with van der Waals surface area (Å²) in [7, 11) is -1.46. The molecule has 2 rings (SSSR count). The molecule has 1 heterocycles. The van der Waals surface area contributed by atoms with E-state index in [0.29, 0.717) is 12.1 Å².